The number of carboxylic acids is 4. The van der Waals surface area contributed by atoms with Crippen LogP contribution in [0.1, 0.15) is 99.7 Å². The summed E-state index contributed by atoms with van der Waals surface area (Å²) in [4.78, 5) is 93.9. The standard InChI is InChI=1S/C37H40O13.C36H38O11/c1-6-30(38)49-20-10-8-18-47-27-16-14-25(36(40)41)32(34(27)45-4)23-12-13-24(29(22-23)44-3)33-26(37(42)43)15-17-28(35(33)46-5)48-19-9-11-21-50-31(39)7-2;1-4-33(37)46-19-9-7-17-44-25-12-15-28(35(39)40)30(22-25)24-11-14-27(32(21-24)43-6-3)31-23-26(13-16-29(31)36(41)42)45-18-8-10-20-47-34(38)5-2/h6-7,12-17,22H,1-2,8-11,18-21H2,3-5H3,(H,40,41)(H,42,43);4-5,11-16,21-23H,1-2,6-10,17-20H2,3H3,(H,39,40)(H,41,42). The van der Waals surface area contributed by atoms with Crippen molar-refractivity contribution in [2.75, 3.05) is 80.8 Å². The number of carbonyl (C=O) groups is 8. The predicted octanol–water partition coefficient (Wildman–Crippen LogP) is 12.8. The zero-order chi connectivity index (χ0) is 70.8. The van der Waals surface area contributed by atoms with Crippen molar-refractivity contribution >= 4 is 47.8 Å². The van der Waals surface area contributed by atoms with Crippen LogP contribution in [0.4, 0.5) is 0 Å². The minimum atomic E-state index is -1.22. The highest BCUT2D eigenvalue weighted by Gasteiger charge is 2.27. The molecule has 0 atom stereocenters. The van der Waals surface area contributed by atoms with E-state index in [1.807, 2.05) is 0 Å². The number of ether oxygens (including phenoxy) is 12. The number of carboxylic acid groups (broad SMARTS) is 4. The molecule has 0 heterocycles. The van der Waals surface area contributed by atoms with Gasteiger partial charge in [0.25, 0.3) is 0 Å². The summed E-state index contributed by atoms with van der Waals surface area (Å²) in [6.07, 6.45) is 8.84. The Balaban J connectivity index is 0.000000351. The topological polar surface area (TPSA) is 328 Å². The molecule has 97 heavy (non-hydrogen) atoms. The Morgan fingerprint density at radius 1 is 0.340 bits per heavy atom. The Kier molecular flexibility index (Phi) is 31.3. The second-order valence-corrected chi connectivity index (χ2v) is 20.4. The second kappa shape index (κ2) is 39.9. The lowest BCUT2D eigenvalue weighted by molar-refractivity contribution is -0.138. The van der Waals surface area contributed by atoms with Crippen molar-refractivity contribution < 1.29 is 116 Å². The van der Waals surface area contributed by atoms with Crippen LogP contribution in [0.25, 0.3) is 44.5 Å². The first-order valence-electron chi connectivity index (χ1n) is 30.6. The molecule has 24 nitrogen and oxygen atoms in total. The molecule has 0 saturated carbocycles. The molecule has 6 aromatic rings. The highest BCUT2D eigenvalue weighted by Crippen LogP contribution is 2.48. The number of esters is 4. The van der Waals surface area contributed by atoms with Gasteiger partial charge in [-0.1, -0.05) is 44.5 Å². The van der Waals surface area contributed by atoms with Crippen molar-refractivity contribution in [3.05, 3.63) is 170 Å². The minimum Gasteiger partial charge on any atom is -0.496 e. The first-order chi connectivity index (χ1) is 46.8. The van der Waals surface area contributed by atoms with Gasteiger partial charge in [-0.3, -0.25) is 0 Å². The van der Waals surface area contributed by atoms with Crippen molar-refractivity contribution in [1.82, 2.24) is 0 Å². The Morgan fingerprint density at radius 3 is 1.11 bits per heavy atom. The molecule has 0 aliphatic heterocycles. The van der Waals surface area contributed by atoms with E-state index < -0.39 is 47.8 Å². The Labute approximate surface area is 560 Å². The van der Waals surface area contributed by atoms with Crippen LogP contribution < -0.4 is 37.9 Å². The van der Waals surface area contributed by atoms with Gasteiger partial charge < -0.3 is 77.3 Å². The van der Waals surface area contributed by atoms with E-state index >= 15 is 0 Å². The largest absolute Gasteiger partial charge is 0.496 e. The van der Waals surface area contributed by atoms with Crippen molar-refractivity contribution in [2.24, 2.45) is 0 Å². The number of hydrogen-bond acceptors (Lipinski definition) is 20. The zero-order valence-corrected chi connectivity index (χ0v) is 54.4. The maximum atomic E-state index is 12.4. The number of benzene rings is 6. The van der Waals surface area contributed by atoms with E-state index in [1.54, 1.807) is 67.6 Å². The van der Waals surface area contributed by atoms with Crippen LogP contribution in [0.15, 0.2) is 148 Å². The van der Waals surface area contributed by atoms with Crippen molar-refractivity contribution in [2.45, 2.75) is 58.3 Å². The predicted molar refractivity (Wildman–Crippen MR) is 357 cm³/mol. The molecular formula is C73H78O24. The fourth-order valence-corrected chi connectivity index (χ4v) is 9.46. The molecule has 514 valence electrons. The van der Waals surface area contributed by atoms with Gasteiger partial charge in [-0.25, -0.2) is 38.4 Å². The van der Waals surface area contributed by atoms with Crippen LogP contribution in [0.3, 0.4) is 0 Å². The van der Waals surface area contributed by atoms with Crippen LogP contribution in [0, 0.1) is 0 Å². The average Bonchev–Trinajstić information content (AvgIpc) is 0.776. The molecule has 0 amide bonds. The summed E-state index contributed by atoms with van der Waals surface area (Å²) in [5, 5.41) is 40.1. The molecular weight excluding hydrogens is 1260 g/mol. The van der Waals surface area contributed by atoms with E-state index in [1.165, 1.54) is 57.7 Å². The van der Waals surface area contributed by atoms with E-state index in [9.17, 15) is 58.8 Å². The smallest absolute Gasteiger partial charge is 0.336 e. The molecule has 6 rings (SSSR count). The van der Waals surface area contributed by atoms with Gasteiger partial charge in [0.05, 0.1) is 103 Å². The Morgan fingerprint density at radius 2 is 0.701 bits per heavy atom. The number of hydrogen-bond donors (Lipinski definition) is 4. The van der Waals surface area contributed by atoms with Gasteiger partial charge in [0.1, 0.15) is 23.0 Å². The lowest BCUT2D eigenvalue weighted by atomic mass is 9.92. The minimum absolute atomic E-state index is 0.0308. The molecule has 0 aromatic heterocycles. The maximum absolute atomic E-state index is 12.4. The van der Waals surface area contributed by atoms with Gasteiger partial charge in [-0.2, -0.15) is 0 Å². The molecule has 0 spiro atoms. The fraction of sp³-hybridized carbons (Fsp3) is 0.288. The summed E-state index contributed by atoms with van der Waals surface area (Å²) >= 11 is 0. The summed E-state index contributed by atoms with van der Waals surface area (Å²) in [5.41, 5.74) is 2.80. The van der Waals surface area contributed by atoms with Crippen LogP contribution in [0.2, 0.25) is 0 Å². The monoisotopic (exact) mass is 1340 g/mol. The van der Waals surface area contributed by atoms with Gasteiger partial charge in [0.2, 0.25) is 0 Å². The summed E-state index contributed by atoms with van der Waals surface area (Å²) in [6.45, 7) is 17.4. The van der Waals surface area contributed by atoms with Crippen LogP contribution in [-0.2, 0) is 38.1 Å². The van der Waals surface area contributed by atoms with Crippen LogP contribution in [-0.4, -0.2) is 149 Å². The summed E-state index contributed by atoms with van der Waals surface area (Å²) in [7, 11) is 4.17. The molecule has 0 radical (unpaired) electrons. The van der Waals surface area contributed by atoms with Gasteiger partial charge in [-0.05, 0) is 154 Å². The summed E-state index contributed by atoms with van der Waals surface area (Å²) in [6, 6.07) is 24.9. The Bertz CT molecular complexity index is 3790. The fourth-order valence-electron chi connectivity index (χ4n) is 9.46. The molecule has 4 N–H and O–H groups in total. The molecule has 0 aliphatic rings. The molecule has 24 heteroatoms. The molecule has 0 fully saturated rings. The highest BCUT2D eigenvalue weighted by molar-refractivity contribution is 6.03. The lowest BCUT2D eigenvalue weighted by Gasteiger charge is -2.20. The zero-order valence-electron chi connectivity index (χ0n) is 54.4. The van der Waals surface area contributed by atoms with Crippen LogP contribution >= 0.6 is 0 Å². The molecule has 6 aromatic carbocycles. The molecule has 0 saturated heterocycles. The third-order valence-electron chi connectivity index (χ3n) is 14.0. The highest BCUT2D eigenvalue weighted by atomic mass is 16.6. The van der Waals surface area contributed by atoms with E-state index in [0.29, 0.717) is 115 Å². The molecule has 0 bridgehead atoms. The van der Waals surface area contributed by atoms with Crippen molar-refractivity contribution in [3.63, 3.8) is 0 Å². The van der Waals surface area contributed by atoms with E-state index in [0.717, 1.165) is 24.3 Å². The lowest BCUT2D eigenvalue weighted by Crippen LogP contribution is -2.08. The van der Waals surface area contributed by atoms with Crippen molar-refractivity contribution in [1.29, 1.82) is 0 Å². The number of methoxy groups -OCH3 is 3. The van der Waals surface area contributed by atoms with E-state index in [4.69, 9.17) is 56.8 Å². The van der Waals surface area contributed by atoms with Gasteiger partial charge in [-0.15, -0.1) is 0 Å². The first kappa shape index (κ1) is 76.2. The average molecular weight is 1340 g/mol. The molecule has 0 aliphatic carbocycles. The summed E-state index contributed by atoms with van der Waals surface area (Å²) in [5.74, 6) is -4.39. The van der Waals surface area contributed by atoms with Crippen molar-refractivity contribution in [3.8, 4) is 90.5 Å². The number of unbranched alkanes of at least 4 members (excludes halogenated alkanes) is 4. The normalized spacial score (nSPS) is 10.4. The maximum Gasteiger partial charge on any atom is 0.336 e. The summed E-state index contributed by atoms with van der Waals surface area (Å²) < 4.78 is 66.4. The van der Waals surface area contributed by atoms with Gasteiger partial charge in [0, 0.05) is 52.1 Å². The first-order valence-corrected chi connectivity index (χ1v) is 30.6. The van der Waals surface area contributed by atoms with Gasteiger partial charge >= 0.3 is 47.8 Å². The SMILES string of the molecule is C=CC(=O)OCCCCOc1ccc(C(=O)O)c(-c2ccc(-c3c(C(=O)O)ccc(OCCCCOC(=O)C=C)c3OC)c(OC)c2)c1OC.C=CC(=O)OCCCCOc1ccc(C(=O)O)c(-c2ccc(-c3cc(OCCCCOC(=O)C=C)ccc3C(=O)O)c(OCC)c2)c1. The number of rotatable bonds is 41. The van der Waals surface area contributed by atoms with E-state index in [-0.39, 0.29) is 108 Å². The number of aromatic carboxylic acids is 4. The number of carbonyl (C=O) groups excluding carboxylic acids is 4. The van der Waals surface area contributed by atoms with Crippen LogP contribution in [0.5, 0.6) is 46.0 Å². The second-order valence-electron chi connectivity index (χ2n) is 20.4. The van der Waals surface area contributed by atoms with E-state index in [2.05, 4.69) is 26.3 Å². The van der Waals surface area contributed by atoms with Gasteiger partial charge in [0.15, 0.2) is 23.0 Å². The quantitative estimate of drug-likeness (QED) is 0.0120. The molecule has 0 unspecified atom stereocenters. The Hall–Kier alpha value is -11.6. The third kappa shape index (κ3) is 22.6. The third-order valence-corrected chi connectivity index (χ3v) is 14.0.